The van der Waals surface area contributed by atoms with Gasteiger partial charge in [-0.3, -0.25) is 14.4 Å². The summed E-state index contributed by atoms with van der Waals surface area (Å²) >= 11 is 0. The number of rotatable bonds is 49. The molecule has 0 bridgehead atoms. The van der Waals surface area contributed by atoms with E-state index in [2.05, 4.69) is 57.2 Å². The SMILES string of the molecule is CC/C=C\C/C=C\C/C=C\CCCCCCCCCC(=O)OCC(COC1OC(C(=O)O)C(O)C(O)C1OC(=O)CCCCCCCCCCC)OC(=O)CCCCCCCCCCCCCCCCC. The molecular weight excluding hydrogens is 901 g/mol. The van der Waals surface area contributed by atoms with Crippen molar-refractivity contribution in [1.82, 2.24) is 0 Å². The second-order valence-corrected chi connectivity index (χ2v) is 19.9. The van der Waals surface area contributed by atoms with Gasteiger partial charge in [0.05, 0.1) is 6.61 Å². The fourth-order valence-corrected chi connectivity index (χ4v) is 8.80. The van der Waals surface area contributed by atoms with E-state index in [1.165, 1.54) is 109 Å². The Kier molecular flexibility index (Phi) is 44.5. The molecule has 1 fully saturated rings. The van der Waals surface area contributed by atoms with Gasteiger partial charge in [0, 0.05) is 19.3 Å². The molecule has 0 radical (unpaired) electrons. The summed E-state index contributed by atoms with van der Waals surface area (Å²) in [5.74, 6) is -3.11. The van der Waals surface area contributed by atoms with Crippen molar-refractivity contribution in [3.63, 3.8) is 0 Å². The predicted molar refractivity (Wildman–Crippen MR) is 285 cm³/mol. The van der Waals surface area contributed by atoms with Crippen LogP contribution < -0.4 is 0 Å². The first kappa shape index (κ1) is 66.0. The van der Waals surface area contributed by atoms with E-state index >= 15 is 0 Å². The third-order valence-corrected chi connectivity index (χ3v) is 13.2. The molecule has 1 rings (SSSR count). The number of aliphatic hydroxyl groups excluding tert-OH is 2. The zero-order valence-corrected chi connectivity index (χ0v) is 45.2. The highest BCUT2D eigenvalue weighted by atomic mass is 16.7. The van der Waals surface area contributed by atoms with E-state index in [0.717, 1.165) is 96.3 Å². The topological polar surface area (TPSA) is 175 Å². The zero-order chi connectivity index (χ0) is 51.8. The van der Waals surface area contributed by atoms with Crippen LogP contribution in [0.1, 0.15) is 265 Å². The van der Waals surface area contributed by atoms with Crippen LogP contribution >= 0.6 is 0 Å². The number of aliphatic hydroxyl groups is 2. The summed E-state index contributed by atoms with van der Waals surface area (Å²) in [6, 6.07) is 0. The van der Waals surface area contributed by atoms with Gasteiger partial charge in [-0.1, -0.05) is 231 Å². The van der Waals surface area contributed by atoms with Crippen LogP contribution in [0.3, 0.4) is 0 Å². The number of esters is 3. The van der Waals surface area contributed by atoms with Crippen molar-refractivity contribution < 1.29 is 58.2 Å². The molecule has 1 saturated heterocycles. The molecule has 12 heteroatoms. The van der Waals surface area contributed by atoms with E-state index in [4.69, 9.17) is 23.7 Å². The van der Waals surface area contributed by atoms with Gasteiger partial charge in [0.25, 0.3) is 0 Å². The maximum Gasteiger partial charge on any atom is 0.335 e. The summed E-state index contributed by atoms with van der Waals surface area (Å²) in [6.07, 6.45) is 42.7. The maximum atomic E-state index is 13.1. The molecule has 1 aliphatic rings. The van der Waals surface area contributed by atoms with Crippen molar-refractivity contribution in [1.29, 1.82) is 0 Å². The van der Waals surface area contributed by atoms with E-state index in [0.29, 0.717) is 19.3 Å². The van der Waals surface area contributed by atoms with Gasteiger partial charge in [0.2, 0.25) is 0 Å². The van der Waals surface area contributed by atoms with E-state index < -0.39 is 67.3 Å². The molecular formula is C59H104O12. The Morgan fingerprint density at radius 3 is 1.35 bits per heavy atom. The normalized spacial score (nSPS) is 18.7. The summed E-state index contributed by atoms with van der Waals surface area (Å²) in [7, 11) is 0. The lowest BCUT2D eigenvalue weighted by atomic mass is 9.98. The Morgan fingerprint density at radius 2 is 0.887 bits per heavy atom. The average molecular weight is 1010 g/mol. The lowest BCUT2D eigenvalue weighted by Gasteiger charge is -2.40. The first-order chi connectivity index (χ1) is 34.6. The minimum absolute atomic E-state index is 0.0635. The third-order valence-electron chi connectivity index (χ3n) is 13.2. The number of carboxylic acid groups (broad SMARTS) is 1. The Labute approximate surface area is 431 Å². The molecule has 1 aliphatic heterocycles. The number of ether oxygens (including phenoxy) is 5. The number of carbonyl (C=O) groups is 4. The van der Waals surface area contributed by atoms with Gasteiger partial charge in [-0.2, -0.15) is 0 Å². The van der Waals surface area contributed by atoms with Gasteiger partial charge < -0.3 is 39.0 Å². The van der Waals surface area contributed by atoms with Crippen LogP contribution in [0.25, 0.3) is 0 Å². The minimum Gasteiger partial charge on any atom is -0.479 e. The van der Waals surface area contributed by atoms with Gasteiger partial charge in [0.1, 0.15) is 18.8 Å². The number of hydrogen-bond acceptors (Lipinski definition) is 11. The van der Waals surface area contributed by atoms with Crippen molar-refractivity contribution in [3.05, 3.63) is 36.5 Å². The van der Waals surface area contributed by atoms with Gasteiger partial charge in [-0.05, 0) is 51.4 Å². The summed E-state index contributed by atoms with van der Waals surface area (Å²) in [4.78, 5) is 51.0. The number of hydrogen-bond donors (Lipinski definition) is 3. The molecule has 1 heterocycles. The van der Waals surface area contributed by atoms with Gasteiger partial charge in [-0.25, -0.2) is 4.79 Å². The molecule has 0 aliphatic carbocycles. The Morgan fingerprint density at radius 1 is 0.479 bits per heavy atom. The monoisotopic (exact) mass is 1000 g/mol. The molecule has 6 atom stereocenters. The zero-order valence-electron chi connectivity index (χ0n) is 45.2. The van der Waals surface area contributed by atoms with Gasteiger partial charge >= 0.3 is 23.9 Å². The Bertz CT molecular complexity index is 1380. The molecule has 0 amide bonds. The maximum absolute atomic E-state index is 13.1. The second kappa shape index (κ2) is 47.9. The first-order valence-corrected chi connectivity index (χ1v) is 29.0. The van der Waals surface area contributed by atoms with Gasteiger partial charge in [-0.15, -0.1) is 0 Å². The lowest BCUT2D eigenvalue weighted by molar-refractivity contribution is -0.301. The molecule has 0 aromatic rings. The van der Waals surface area contributed by atoms with Crippen LogP contribution in [0.4, 0.5) is 0 Å². The van der Waals surface area contributed by atoms with E-state index in [1.807, 2.05) is 0 Å². The van der Waals surface area contributed by atoms with Gasteiger partial charge in [0.15, 0.2) is 24.6 Å². The minimum atomic E-state index is -1.90. The van der Waals surface area contributed by atoms with Crippen molar-refractivity contribution in [2.24, 2.45) is 0 Å². The fourth-order valence-electron chi connectivity index (χ4n) is 8.80. The smallest absolute Gasteiger partial charge is 0.335 e. The molecule has 0 aromatic carbocycles. The van der Waals surface area contributed by atoms with Crippen LogP contribution in [0, 0.1) is 0 Å². The van der Waals surface area contributed by atoms with E-state index in [1.54, 1.807) is 0 Å². The quantitative estimate of drug-likeness (QED) is 0.0228. The Balaban J connectivity index is 2.67. The molecule has 412 valence electrons. The summed E-state index contributed by atoms with van der Waals surface area (Å²) in [5, 5.41) is 31.4. The highest BCUT2D eigenvalue weighted by Gasteiger charge is 2.50. The fraction of sp³-hybridized carbons (Fsp3) is 0.831. The van der Waals surface area contributed by atoms with Crippen molar-refractivity contribution in [3.8, 4) is 0 Å². The highest BCUT2D eigenvalue weighted by molar-refractivity contribution is 5.74. The number of carboxylic acids is 1. The number of allylic oxidation sites excluding steroid dienone is 6. The summed E-state index contributed by atoms with van der Waals surface area (Å²) in [6.45, 7) is 5.86. The van der Waals surface area contributed by atoms with Crippen LogP contribution in [0.2, 0.25) is 0 Å². The average Bonchev–Trinajstić information content (AvgIpc) is 3.35. The second-order valence-electron chi connectivity index (χ2n) is 19.9. The largest absolute Gasteiger partial charge is 0.479 e. The molecule has 0 aromatic heterocycles. The molecule has 0 spiro atoms. The van der Waals surface area contributed by atoms with Crippen LogP contribution in [-0.4, -0.2) is 89.2 Å². The number of unbranched alkanes of at least 4 members (excludes halogenated alkanes) is 29. The lowest BCUT2D eigenvalue weighted by Crippen LogP contribution is -2.61. The number of aliphatic carboxylic acids is 1. The predicted octanol–water partition coefficient (Wildman–Crippen LogP) is 14.5. The van der Waals surface area contributed by atoms with Crippen LogP contribution in [0.5, 0.6) is 0 Å². The number of carbonyl (C=O) groups excluding carboxylic acids is 3. The van der Waals surface area contributed by atoms with Crippen LogP contribution in [0.15, 0.2) is 36.5 Å². The molecule has 0 saturated carbocycles. The molecule has 6 unspecified atom stereocenters. The third kappa shape index (κ3) is 38.2. The summed E-state index contributed by atoms with van der Waals surface area (Å²) < 4.78 is 28.4. The van der Waals surface area contributed by atoms with Crippen molar-refractivity contribution >= 4 is 23.9 Å². The molecule has 71 heavy (non-hydrogen) atoms. The molecule has 12 nitrogen and oxygen atoms in total. The Hall–Kier alpha value is -3.06. The van der Waals surface area contributed by atoms with E-state index in [-0.39, 0.29) is 25.9 Å². The van der Waals surface area contributed by atoms with E-state index in [9.17, 15) is 34.5 Å². The summed E-state index contributed by atoms with van der Waals surface area (Å²) in [5.41, 5.74) is 0. The molecule has 3 N–H and O–H groups in total. The van der Waals surface area contributed by atoms with Crippen LogP contribution in [-0.2, 0) is 42.9 Å². The highest BCUT2D eigenvalue weighted by Crippen LogP contribution is 2.26. The van der Waals surface area contributed by atoms with Crippen molar-refractivity contribution in [2.75, 3.05) is 13.2 Å². The van der Waals surface area contributed by atoms with Crippen molar-refractivity contribution in [2.45, 2.75) is 302 Å². The first-order valence-electron chi connectivity index (χ1n) is 29.0. The standard InChI is InChI=1S/C59H104O12/c1-4-7-10-13-16-19-21-23-25-26-28-29-31-34-36-39-42-45-51(60)67-48-50(69-52(61)46-43-40-38-35-32-30-27-24-22-20-17-14-11-8-5-2)49-68-59-57(55(64)54(63)56(71-59)58(65)66)70-53(62)47-44-41-37-33-18-15-12-9-6-3/h7,10,16,19,23,25,50,54-57,59,63-64H,4-6,8-9,11-15,17-18,20-22,24,26-49H2,1-3H3,(H,65,66)/b10-7-,19-16-,25-23-.